The number of nitriles is 1. The summed E-state index contributed by atoms with van der Waals surface area (Å²) in [5, 5.41) is 8.22. The Kier molecular flexibility index (Phi) is 11.6. The molecule has 0 fully saturated rings. The van der Waals surface area contributed by atoms with Gasteiger partial charge < -0.3 is 8.92 Å². The van der Waals surface area contributed by atoms with Gasteiger partial charge >= 0.3 is 16.1 Å². The molecule has 0 bridgehead atoms. The van der Waals surface area contributed by atoms with E-state index < -0.39 is 21.3 Å². The van der Waals surface area contributed by atoms with E-state index in [2.05, 4.69) is 6.92 Å². The lowest BCUT2D eigenvalue weighted by molar-refractivity contribution is 0.0734. The number of nitrogens with zero attached hydrogens (tertiary/aromatic N) is 1. The van der Waals surface area contributed by atoms with Crippen LogP contribution in [0.15, 0.2) is 48.5 Å². The quantitative estimate of drug-likeness (QED) is 0.119. The van der Waals surface area contributed by atoms with Gasteiger partial charge in [-0.05, 0) is 61.9 Å². The maximum atomic E-state index is 12.5. The van der Waals surface area contributed by atoms with E-state index >= 15 is 0 Å². The van der Waals surface area contributed by atoms with Crippen LogP contribution in [0, 0.1) is 11.3 Å². The number of esters is 1. The smallest absolute Gasteiger partial charge is 0.343 e. The van der Waals surface area contributed by atoms with Crippen LogP contribution in [0.4, 0.5) is 0 Å². The first-order valence-electron chi connectivity index (χ1n) is 12.1. The highest BCUT2D eigenvalue weighted by molar-refractivity contribution is 7.87. The number of hydrogen-bond acceptors (Lipinski definition) is 6. The van der Waals surface area contributed by atoms with Crippen molar-refractivity contribution in [2.24, 2.45) is 0 Å². The van der Waals surface area contributed by atoms with Gasteiger partial charge in [-0.1, -0.05) is 64.7 Å². The van der Waals surface area contributed by atoms with E-state index in [9.17, 15) is 13.2 Å². The number of carbonyl (C=O) groups excluding carboxylic acids is 1. The maximum Gasteiger partial charge on any atom is 0.343 e. The van der Waals surface area contributed by atoms with Gasteiger partial charge in [0.15, 0.2) is 0 Å². The Morgan fingerprint density at radius 1 is 0.853 bits per heavy atom. The average Bonchev–Trinajstić information content (AvgIpc) is 2.83. The maximum absolute atomic E-state index is 12.5. The Morgan fingerprint density at radius 2 is 1.38 bits per heavy atom. The lowest BCUT2D eigenvalue weighted by atomic mass is 10.1. The minimum atomic E-state index is -3.75. The molecule has 0 saturated carbocycles. The third kappa shape index (κ3) is 9.56. The van der Waals surface area contributed by atoms with Crippen LogP contribution < -0.4 is 8.92 Å². The van der Waals surface area contributed by atoms with Crippen LogP contribution in [0.25, 0.3) is 0 Å². The predicted octanol–water partition coefficient (Wildman–Crippen LogP) is 6.80. The Labute approximate surface area is 204 Å². The summed E-state index contributed by atoms with van der Waals surface area (Å²) < 4.78 is 35.6. The molecule has 2 rings (SSSR count). The van der Waals surface area contributed by atoms with Gasteiger partial charge in [-0.25, -0.2) is 4.79 Å². The first kappa shape index (κ1) is 27.4. The van der Waals surface area contributed by atoms with E-state index in [1.165, 1.54) is 74.9 Å². The summed E-state index contributed by atoms with van der Waals surface area (Å²) in [5.41, 5.74) is 0.728. The van der Waals surface area contributed by atoms with Crippen molar-refractivity contribution in [1.82, 2.24) is 0 Å². The molecule has 0 aliphatic heterocycles. The van der Waals surface area contributed by atoms with Crippen molar-refractivity contribution >= 4 is 16.1 Å². The molecule has 0 heterocycles. The molecule has 34 heavy (non-hydrogen) atoms. The predicted molar refractivity (Wildman–Crippen MR) is 133 cm³/mol. The standard InChI is InChI=1S/C27H35NO5S/c1-3-4-5-6-7-8-9-10-11-12-22(2)34(30,31)33-26-19-15-24(16-20-26)27(29)32-25-17-13-23(21-28)14-18-25/h13-20,22H,3-12H2,1-2H3. The van der Waals surface area contributed by atoms with Gasteiger partial charge in [0.1, 0.15) is 11.5 Å². The van der Waals surface area contributed by atoms with Crippen LogP contribution in [0.5, 0.6) is 11.5 Å². The van der Waals surface area contributed by atoms with Crippen molar-refractivity contribution in [1.29, 1.82) is 5.26 Å². The highest BCUT2D eigenvalue weighted by Crippen LogP contribution is 2.21. The first-order valence-corrected chi connectivity index (χ1v) is 13.6. The zero-order valence-electron chi connectivity index (χ0n) is 20.2. The van der Waals surface area contributed by atoms with Gasteiger partial charge in [-0.15, -0.1) is 0 Å². The van der Waals surface area contributed by atoms with Gasteiger partial charge in [0.2, 0.25) is 0 Å². The van der Waals surface area contributed by atoms with E-state index in [0.29, 0.717) is 17.7 Å². The van der Waals surface area contributed by atoms with Crippen LogP contribution in [0.3, 0.4) is 0 Å². The van der Waals surface area contributed by atoms with Crippen LogP contribution in [0.1, 0.15) is 94.0 Å². The second-order valence-electron chi connectivity index (χ2n) is 8.55. The van der Waals surface area contributed by atoms with E-state index in [0.717, 1.165) is 19.3 Å². The van der Waals surface area contributed by atoms with E-state index in [-0.39, 0.29) is 11.3 Å². The van der Waals surface area contributed by atoms with E-state index in [4.69, 9.17) is 14.2 Å². The molecule has 0 aromatic heterocycles. The summed E-state index contributed by atoms with van der Waals surface area (Å²) >= 11 is 0. The minimum Gasteiger partial charge on any atom is -0.423 e. The zero-order chi connectivity index (χ0) is 24.8. The highest BCUT2D eigenvalue weighted by atomic mass is 32.2. The largest absolute Gasteiger partial charge is 0.423 e. The number of unbranched alkanes of at least 4 members (excludes halogenated alkanes) is 8. The lowest BCUT2D eigenvalue weighted by Gasteiger charge is -2.14. The molecule has 0 saturated heterocycles. The van der Waals surface area contributed by atoms with Crippen molar-refractivity contribution < 1.29 is 22.1 Å². The molecule has 1 unspecified atom stereocenters. The highest BCUT2D eigenvalue weighted by Gasteiger charge is 2.22. The van der Waals surface area contributed by atoms with Crippen LogP contribution in [-0.2, 0) is 10.1 Å². The molecule has 0 aliphatic rings. The molecule has 1 atom stereocenters. The second-order valence-corrected chi connectivity index (χ2v) is 10.5. The fourth-order valence-electron chi connectivity index (χ4n) is 3.51. The van der Waals surface area contributed by atoms with Gasteiger partial charge in [-0.3, -0.25) is 0 Å². The van der Waals surface area contributed by atoms with Crippen molar-refractivity contribution in [2.45, 2.75) is 83.3 Å². The number of carbonyl (C=O) groups is 1. The van der Waals surface area contributed by atoms with Crippen LogP contribution >= 0.6 is 0 Å². The third-order valence-electron chi connectivity index (χ3n) is 5.70. The number of hydrogen-bond donors (Lipinski definition) is 0. The number of rotatable bonds is 15. The number of benzene rings is 2. The molecule has 184 valence electrons. The Bertz CT molecular complexity index is 1020. The molecular formula is C27H35NO5S. The molecule has 2 aromatic rings. The molecule has 0 aliphatic carbocycles. The summed E-state index contributed by atoms with van der Waals surface area (Å²) in [7, 11) is -3.75. The molecule has 0 radical (unpaired) electrons. The van der Waals surface area contributed by atoms with Gasteiger partial charge in [-0.2, -0.15) is 13.7 Å². The zero-order valence-corrected chi connectivity index (χ0v) is 21.0. The Morgan fingerprint density at radius 3 is 1.94 bits per heavy atom. The van der Waals surface area contributed by atoms with Gasteiger partial charge in [0, 0.05) is 0 Å². The topological polar surface area (TPSA) is 93.5 Å². The number of ether oxygens (including phenoxy) is 1. The summed E-state index contributed by atoms with van der Waals surface area (Å²) in [6.45, 7) is 3.88. The van der Waals surface area contributed by atoms with E-state index in [1.54, 1.807) is 19.1 Å². The molecule has 0 amide bonds. The van der Waals surface area contributed by atoms with Crippen molar-refractivity contribution in [3.05, 3.63) is 59.7 Å². The molecule has 7 heteroatoms. The summed E-state index contributed by atoms with van der Waals surface area (Å²) in [6.07, 6.45) is 11.2. The van der Waals surface area contributed by atoms with Crippen LogP contribution in [-0.4, -0.2) is 19.6 Å². The SMILES string of the molecule is CCCCCCCCCCCC(C)S(=O)(=O)Oc1ccc(C(=O)Oc2ccc(C#N)cc2)cc1. The second kappa shape index (κ2) is 14.4. The fraction of sp³-hybridized carbons (Fsp3) is 0.481. The Balaban J connectivity index is 1.76. The van der Waals surface area contributed by atoms with E-state index in [1.807, 2.05) is 6.07 Å². The lowest BCUT2D eigenvalue weighted by Crippen LogP contribution is -2.23. The van der Waals surface area contributed by atoms with Gasteiger partial charge in [0.05, 0.1) is 22.4 Å². The molecule has 0 N–H and O–H groups in total. The molecule has 2 aromatic carbocycles. The third-order valence-corrected chi connectivity index (χ3v) is 7.35. The molecule has 0 spiro atoms. The first-order chi connectivity index (χ1) is 16.4. The normalized spacial score (nSPS) is 12.0. The average molecular weight is 486 g/mol. The summed E-state index contributed by atoms with van der Waals surface area (Å²) in [5.74, 6) is -0.107. The van der Waals surface area contributed by atoms with Crippen molar-refractivity contribution in [3.8, 4) is 17.6 Å². The van der Waals surface area contributed by atoms with Crippen LogP contribution in [0.2, 0.25) is 0 Å². The van der Waals surface area contributed by atoms with Gasteiger partial charge in [0.25, 0.3) is 0 Å². The summed E-state index contributed by atoms with van der Waals surface area (Å²) in [4.78, 5) is 12.3. The summed E-state index contributed by atoms with van der Waals surface area (Å²) in [6, 6.07) is 14.0. The molecular weight excluding hydrogens is 450 g/mol. The molecule has 6 nitrogen and oxygen atoms in total. The fourth-order valence-corrected chi connectivity index (χ4v) is 4.51. The van der Waals surface area contributed by atoms with Crippen molar-refractivity contribution in [3.63, 3.8) is 0 Å². The Hall–Kier alpha value is -2.85. The minimum absolute atomic E-state index is 0.161. The van der Waals surface area contributed by atoms with Crippen molar-refractivity contribution in [2.75, 3.05) is 0 Å². The monoisotopic (exact) mass is 485 g/mol.